The summed E-state index contributed by atoms with van der Waals surface area (Å²) >= 11 is 0. The minimum atomic E-state index is -3.42. The first-order chi connectivity index (χ1) is 7.33. The standard InChI is InChI=1S/C9H13FN2O3S.ClH/c1-16(14,15)12-6-2-3-8(10)7(4-6)9(13)5-11;/h2-4,9,12-13H,5,11H2,1H3;1H/t9-;/m0./s1. The van der Waals surface area contributed by atoms with Gasteiger partial charge in [-0.15, -0.1) is 12.4 Å². The van der Waals surface area contributed by atoms with Crippen LogP contribution in [0.1, 0.15) is 11.7 Å². The van der Waals surface area contributed by atoms with Crippen LogP contribution in [0.5, 0.6) is 0 Å². The van der Waals surface area contributed by atoms with Crippen LogP contribution in [0.25, 0.3) is 0 Å². The molecule has 8 heteroatoms. The zero-order valence-corrected chi connectivity index (χ0v) is 10.7. The van der Waals surface area contributed by atoms with Gasteiger partial charge >= 0.3 is 0 Å². The van der Waals surface area contributed by atoms with Crippen molar-refractivity contribution >= 4 is 28.1 Å². The van der Waals surface area contributed by atoms with Crippen LogP contribution in [0.3, 0.4) is 0 Å². The summed E-state index contributed by atoms with van der Waals surface area (Å²) in [5.74, 6) is -0.628. The molecule has 17 heavy (non-hydrogen) atoms. The number of aliphatic hydroxyl groups excluding tert-OH is 1. The van der Waals surface area contributed by atoms with Crippen molar-refractivity contribution in [3.05, 3.63) is 29.6 Å². The smallest absolute Gasteiger partial charge is 0.229 e. The summed E-state index contributed by atoms with van der Waals surface area (Å²) < 4.78 is 37.3. The SMILES string of the molecule is CS(=O)(=O)Nc1ccc(F)c([C@@H](O)CN)c1.Cl. The molecule has 0 heterocycles. The quantitative estimate of drug-likeness (QED) is 0.755. The number of benzene rings is 1. The van der Waals surface area contributed by atoms with Crippen molar-refractivity contribution in [2.45, 2.75) is 6.10 Å². The lowest BCUT2D eigenvalue weighted by atomic mass is 10.1. The minimum absolute atomic E-state index is 0. The first kappa shape index (κ1) is 16.1. The van der Waals surface area contributed by atoms with E-state index in [4.69, 9.17) is 5.73 Å². The van der Waals surface area contributed by atoms with Crippen molar-refractivity contribution in [1.82, 2.24) is 0 Å². The lowest BCUT2D eigenvalue weighted by Gasteiger charge is -2.11. The molecule has 0 aliphatic carbocycles. The fourth-order valence-electron chi connectivity index (χ4n) is 1.20. The zero-order valence-electron chi connectivity index (χ0n) is 9.05. The molecule has 0 spiro atoms. The van der Waals surface area contributed by atoms with Crippen LogP contribution in [0.2, 0.25) is 0 Å². The second-order valence-corrected chi connectivity index (χ2v) is 5.11. The van der Waals surface area contributed by atoms with Crippen molar-refractivity contribution in [2.24, 2.45) is 5.73 Å². The molecule has 0 saturated heterocycles. The van der Waals surface area contributed by atoms with E-state index in [-0.39, 0.29) is 30.2 Å². The maximum absolute atomic E-state index is 13.2. The molecule has 1 aromatic carbocycles. The van der Waals surface area contributed by atoms with Crippen LogP contribution < -0.4 is 10.5 Å². The third-order valence-electron chi connectivity index (χ3n) is 1.88. The van der Waals surface area contributed by atoms with Crippen LogP contribution in [0.15, 0.2) is 18.2 Å². The van der Waals surface area contributed by atoms with E-state index in [1.807, 2.05) is 0 Å². The Kier molecular flexibility index (Phi) is 5.83. The van der Waals surface area contributed by atoms with Crippen LogP contribution in [-0.2, 0) is 10.0 Å². The normalized spacial score (nSPS) is 12.7. The number of aliphatic hydroxyl groups is 1. The number of halogens is 2. The van der Waals surface area contributed by atoms with E-state index in [0.29, 0.717) is 0 Å². The largest absolute Gasteiger partial charge is 0.387 e. The predicted molar refractivity (Wildman–Crippen MR) is 66.1 cm³/mol. The zero-order chi connectivity index (χ0) is 12.3. The Morgan fingerprint density at radius 3 is 2.59 bits per heavy atom. The van der Waals surface area contributed by atoms with Crippen molar-refractivity contribution in [3.63, 3.8) is 0 Å². The fourth-order valence-corrected chi connectivity index (χ4v) is 1.76. The number of nitrogens with one attached hydrogen (secondary N) is 1. The fraction of sp³-hybridized carbons (Fsp3) is 0.333. The topological polar surface area (TPSA) is 92.4 Å². The Hall–Kier alpha value is -0.890. The Labute approximate surface area is 105 Å². The molecule has 0 bridgehead atoms. The van der Waals surface area contributed by atoms with Crippen molar-refractivity contribution in [1.29, 1.82) is 0 Å². The van der Waals surface area contributed by atoms with Crippen molar-refractivity contribution in [3.8, 4) is 0 Å². The molecular formula is C9H14ClFN2O3S. The maximum atomic E-state index is 13.2. The van der Waals surface area contributed by atoms with Gasteiger partial charge < -0.3 is 10.8 Å². The maximum Gasteiger partial charge on any atom is 0.229 e. The highest BCUT2D eigenvalue weighted by Gasteiger charge is 2.13. The second-order valence-electron chi connectivity index (χ2n) is 3.36. The number of rotatable bonds is 4. The van der Waals surface area contributed by atoms with Gasteiger partial charge in [-0.1, -0.05) is 0 Å². The molecule has 0 aromatic heterocycles. The van der Waals surface area contributed by atoms with Gasteiger partial charge in [-0.3, -0.25) is 4.72 Å². The molecule has 0 fully saturated rings. The lowest BCUT2D eigenvalue weighted by molar-refractivity contribution is 0.182. The van der Waals surface area contributed by atoms with E-state index < -0.39 is 21.9 Å². The molecule has 0 saturated carbocycles. The van der Waals surface area contributed by atoms with E-state index in [1.54, 1.807) is 0 Å². The van der Waals surface area contributed by atoms with Gasteiger partial charge in [-0.05, 0) is 18.2 Å². The average molecular weight is 285 g/mol. The van der Waals surface area contributed by atoms with Gasteiger partial charge in [0, 0.05) is 17.8 Å². The first-order valence-corrected chi connectivity index (χ1v) is 6.38. The molecule has 0 radical (unpaired) electrons. The Balaban J connectivity index is 0.00000256. The Morgan fingerprint density at radius 1 is 1.53 bits per heavy atom. The highest BCUT2D eigenvalue weighted by Crippen LogP contribution is 2.21. The number of sulfonamides is 1. The van der Waals surface area contributed by atoms with Crippen molar-refractivity contribution in [2.75, 3.05) is 17.5 Å². The second kappa shape index (κ2) is 6.15. The third-order valence-corrected chi connectivity index (χ3v) is 2.49. The molecule has 1 aromatic rings. The van der Waals surface area contributed by atoms with Gasteiger partial charge in [0.1, 0.15) is 5.82 Å². The summed E-state index contributed by atoms with van der Waals surface area (Å²) in [6.45, 7) is -0.140. The molecule has 4 N–H and O–H groups in total. The van der Waals surface area contributed by atoms with E-state index in [1.165, 1.54) is 12.1 Å². The van der Waals surface area contributed by atoms with E-state index in [0.717, 1.165) is 12.3 Å². The summed E-state index contributed by atoms with van der Waals surface area (Å²) in [7, 11) is -3.42. The van der Waals surface area contributed by atoms with Gasteiger partial charge in [0.2, 0.25) is 10.0 Å². The summed E-state index contributed by atoms with van der Waals surface area (Å²) in [4.78, 5) is 0. The predicted octanol–water partition coefficient (Wildman–Crippen LogP) is 0.611. The third kappa shape index (κ3) is 4.86. The molecule has 0 unspecified atom stereocenters. The first-order valence-electron chi connectivity index (χ1n) is 4.49. The van der Waals surface area contributed by atoms with Gasteiger partial charge in [-0.25, -0.2) is 12.8 Å². The van der Waals surface area contributed by atoms with Crippen LogP contribution >= 0.6 is 12.4 Å². The van der Waals surface area contributed by atoms with Gasteiger partial charge in [0.15, 0.2) is 0 Å². The molecule has 0 amide bonds. The molecular weight excluding hydrogens is 271 g/mol. The summed E-state index contributed by atoms with van der Waals surface area (Å²) in [6, 6.07) is 3.55. The Bertz CT molecular complexity index is 481. The summed E-state index contributed by atoms with van der Waals surface area (Å²) in [6.07, 6.45) is -0.170. The molecule has 0 aliphatic heterocycles. The monoisotopic (exact) mass is 284 g/mol. The lowest BCUT2D eigenvalue weighted by Crippen LogP contribution is -2.14. The highest BCUT2D eigenvalue weighted by molar-refractivity contribution is 7.92. The van der Waals surface area contributed by atoms with E-state index >= 15 is 0 Å². The van der Waals surface area contributed by atoms with Crippen molar-refractivity contribution < 1.29 is 17.9 Å². The minimum Gasteiger partial charge on any atom is -0.387 e. The molecule has 1 rings (SSSR count). The molecule has 0 aliphatic rings. The van der Waals surface area contributed by atoms with E-state index in [2.05, 4.69) is 4.72 Å². The highest BCUT2D eigenvalue weighted by atomic mass is 35.5. The summed E-state index contributed by atoms with van der Waals surface area (Å²) in [5, 5.41) is 9.39. The van der Waals surface area contributed by atoms with Crippen LogP contribution in [0.4, 0.5) is 10.1 Å². The van der Waals surface area contributed by atoms with E-state index in [9.17, 15) is 17.9 Å². The average Bonchev–Trinajstić information content (AvgIpc) is 2.18. The molecule has 5 nitrogen and oxygen atoms in total. The molecule has 98 valence electrons. The number of hydrogen-bond acceptors (Lipinski definition) is 4. The number of anilines is 1. The van der Waals surface area contributed by atoms with Gasteiger partial charge in [-0.2, -0.15) is 0 Å². The van der Waals surface area contributed by atoms with Crippen LogP contribution in [0, 0.1) is 5.82 Å². The van der Waals surface area contributed by atoms with Gasteiger partial charge in [0.25, 0.3) is 0 Å². The van der Waals surface area contributed by atoms with Gasteiger partial charge in [0.05, 0.1) is 12.4 Å². The number of nitrogens with two attached hydrogens (primary N) is 1. The van der Waals surface area contributed by atoms with Crippen LogP contribution in [-0.4, -0.2) is 26.3 Å². The molecule has 1 atom stereocenters. The summed E-state index contributed by atoms with van der Waals surface area (Å²) in [5.41, 5.74) is 5.35. The number of hydrogen-bond donors (Lipinski definition) is 3. The Morgan fingerprint density at radius 2 is 2.12 bits per heavy atom.